The molecule has 172 valence electrons. The number of nitrogens with zero attached hydrogens (tertiary/aromatic N) is 4. The molecule has 1 aliphatic heterocycles. The monoisotopic (exact) mass is 456 g/mol. The molecular weight excluding hydrogens is 424 g/mol. The molecule has 1 unspecified atom stereocenters. The summed E-state index contributed by atoms with van der Waals surface area (Å²) in [5, 5.41) is 6.91. The fourth-order valence-corrected chi connectivity index (χ4v) is 4.55. The zero-order chi connectivity index (χ0) is 22.7. The highest BCUT2D eigenvalue weighted by molar-refractivity contribution is 6.30. The average Bonchev–Trinajstić information content (AvgIpc) is 3.54. The minimum absolute atomic E-state index is 0.0305. The van der Waals surface area contributed by atoms with Gasteiger partial charge in [0.05, 0.1) is 29.3 Å². The average molecular weight is 457 g/mol. The number of halogens is 1. The highest BCUT2D eigenvalue weighted by atomic mass is 35.5. The number of hydrogen-bond donors (Lipinski definition) is 2. The molecule has 2 N–H and O–H groups in total. The van der Waals surface area contributed by atoms with E-state index in [1.54, 1.807) is 18.6 Å². The molecule has 32 heavy (non-hydrogen) atoms. The highest BCUT2D eigenvalue weighted by Crippen LogP contribution is 2.49. The van der Waals surface area contributed by atoms with Gasteiger partial charge in [-0.2, -0.15) is 0 Å². The number of aromatic nitrogens is 3. The van der Waals surface area contributed by atoms with Gasteiger partial charge in [0.15, 0.2) is 0 Å². The van der Waals surface area contributed by atoms with Gasteiger partial charge in [-0.3, -0.25) is 4.79 Å². The first-order valence-electron chi connectivity index (χ1n) is 11.5. The smallest absolute Gasteiger partial charge is 0.230 e. The van der Waals surface area contributed by atoms with Gasteiger partial charge in [0, 0.05) is 25.0 Å². The third kappa shape index (κ3) is 5.88. The molecule has 2 aliphatic rings. The lowest BCUT2D eigenvalue weighted by molar-refractivity contribution is -0.123. The SMILES string of the molecule is CC(C)(C)C(=O)Nc1ccc(NCC[C@@H]2CC2C2CCN(c3ncc(Cl)cn3)CC2)cn1. The summed E-state index contributed by atoms with van der Waals surface area (Å²) in [5.74, 6) is 3.85. The maximum atomic E-state index is 12.1. The Labute approximate surface area is 195 Å². The van der Waals surface area contributed by atoms with Gasteiger partial charge in [-0.25, -0.2) is 15.0 Å². The fourth-order valence-electron chi connectivity index (χ4n) is 4.45. The van der Waals surface area contributed by atoms with Crippen LogP contribution in [0.4, 0.5) is 17.5 Å². The van der Waals surface area contributed by atoms with Gasteiger partial charge in [-0.05, 0) is 55.6 Å². The van der Waals surface area contributed by atoms with Crippen molar-refractivity contribution in [2.75, 3.05) is 35.2 Å². The maximum Gasteiger partial charge on any atom is 0.230 e. The lowest BCUT2D eigenvalue weighted by Crippen LogP contribution is -2.35. The molecule has 3 heterocycles. The number of anilines is 3. The van der Waals surface area contributed by atoms with Crippen LogP contribution < -0.4 is 15.5 Å². The Kier molecular flexibility index (Phi) is 6.84. The van der Waals surface area contributed by atoms with E-state index in [-0.39, 0.29) is 5.91 Å². The third-order valence-corrected chi connectivity index (χ3v) is 6.74. The number of carbonyl (C=O) groups is 1. The van der Waals surface area contributed by atoms with Gasteiger partial charge >= 0.3 is 0 Å². The first-order valence-corrected chi connectivity index (χ1v) is 11.9. The van der Waals surface area contributed by atoms with E-state index < -0.39 is 5.41 Å². The molecule has 2 aromatic rings. The van der Waals surface area contributed by atoms with Crippen LogP contribution in [0.2, 0.25) is 5.02 Å². The van der Waals surface area contributed by atoms with Crippen LogP contribution >= 0.6 is 11.6 Å². The molecule has 4 rings (SSSR count). The standard InChI is InChI=1S/C24H33ClN6O/c1-24(2,3)22(32)30-21-5-4-19(15-27-21)26-9-6-17-12-20(17)16-7-10-31(11-8-16)23-28-13-18(25)14-29-23/h4-5,13-17,20,26H,6-12H2,1-3H3,(H,27,30,32)/t17-,20?/m1/s1. The summed E-state index contributed by atoms with van der Waals surface area (Å²) < 4.78 is 0. The predicted molar refractivity (Wildman–Crippen MR) is 129 cm³/mol. The number of amides is 1. The minimum Gasteiger partial charge on any atom is -0.384 e. The van der Waals surface area contributed by atoms with Crippen molar-refractivity contribution in [3.8, 4) is 0 Å². The van der Waals surface area contributed by atoms with Gasteiger partial charge < -0.3 is 15.5 Å². The van der Waals surface area contributed by atoms with Gasteiger partial charge in [0.1, 0.15) is 5.82 Å². The lowest BCUT2D eigenvalue weighted by atomic mass is 9.90. The Morgan fingerprint density at radius 2 is 1.84 bits per heavy atom. The van der Waals surface area contributed by atoms with Crippen LogP contribution in [0.5, 0.6) is 0 Å². The van der Waals surface area contributed by atoms with Crippen molar-refractivity contribution < 1.29 is 4.79 Å². The van der Waals surface area contributed by atoms with Gasteiger partial charge in [0.2, 0.25) is 11.9 Å². The Hall–Kier alpha value is -2.41. The van der Waals surface area contributed by atoms with Crippen molar-refractivity contribution in [1.29, 1.82) is 0 Å². The predicted octanol–water partition coefficient (Wildman–Crippen LogP) is 4.86. The lowest BCUT2D eigenvalue weighted by Gasteiger charge is -2.32. The summed E-state index contributed by atoms with van der Waals surface area (Å²) in [6.45, 7) is 8.67. The van der Waals surface area contributed by atoms with Gasteiger partial charge in [0.25, 0.3) is 0 Å². The van der Waals surface area contributed by atoms with Crippen LogP contribution in [-0.4, -0.2) is 40.5 Å². The number of rotatable bonds is 7. The molecule has 1 saturated carbocycles. The van der Waals surface area contributed by atoms with E-state index in [0.29, 0.717) is 10.8 Å². The van der Waals surface area contributed by atoms with Crippen LogP contribution in [0.3, 0.4) is 0 Å². The van der Waals surface area contributed by atoms with E-state index in [1.807, 2.05) is 32.9 Å². The van der Waals surface area contributed by atoms with Gasteiger partial charge in [-0.15, -0.1) is 0 Å². The molecule has 7 nitrogen and oxygen atoms in total. The second kappa shape index (κ2) is 9.61. The minimum atomic E-state index is -0.431. The molecular formula is C24H33ClN6O. The van der Waals surface area contributed by atoms with E-state index in [0.717, 1.165) is 49.0 Å². The fraction of sp³-hybridized carbons (Fsp3) is 0.583. The highest BCUT2D eigenvalue weighted by Gasteiger charge is 2.43. The summed E-state index contributed by atoms with van der Waals surface area (Å²) in [6, 6.07) is 3.83. The second-order valence-corrected chi connectivity index (χ2v) is 10.5. The number of pyridine rings is 1. The van der Waals surface area contributed by atoms with Gasteiger partial charge in [-0.1, -0.05) is 32.4 Å². The summed E-state index contributed by atoms with van der Waals surface area (Å²) in [5.41, 5.74) is 0.562. The van der Waals surface area contributed by atoms with Crippen LogP contribution in [0.15, 0.2) is 30.7 Å². The largest absolute Gasteiger partial charge is 0.384 e. The summed E-state index contributed by atoms with van der Waals surface area (Å²) in [4.78, 5) is 27.4. The van der Waals surface area contributed by atoms with E-state index in [9.17, 15) is 4.79 Å². The Bertz CT molecular complexity index is 904. The summed E-state index contributed by atoms with van der Waals surface area (Å²) in [6.07, 6.45) is 10.1. The van der Waals surface area contributed by atoms with E-state index in [2.05, 4.69) is 30.5 Å². The molecule has 0 aromatic carbocycles. The number of carbonyl (C=O) groups excluding carboxylic acids is 1. The molecule has 0 bridgehead atoms. The Balaban J connectivity index is 1.15. The first kappa shape index (κ1) is 22.8. The van der Waals surface area contributed by atoms with E-state index in [4.69, 9.17) is 11.6 Å². The first-order chi connectivity index (χ1) is 15.3. The van der Waals surface area contributed by atoms with Crippen LogP contribution in [0.25, 0.3) is 0 Å². The summed E-state index contributed by atoms with van der Waals surface area (Å²) in [7, 11) is 0. The summed E-state index contributed by atoms with van der Waals surface area (Å²) >= 11 is 5.89. The molecule has 0 radical (unpaired) electrons. The van der Waals surface area contributed by atoms with Crippen molar-refractivity contribution in [3.63, 3.8) is 0 Å². The second-order valence-electron chi connectivity index (χ2n) is 10.0. The van der Waals surface area contributed by atoms with Crippen molar-refractivity contribution in [2.24, 2.45) is 23.2 Å². The Morgan fingerprint density at radius 3 is 2.47 bits per heavy atom. The van der Waals surface area contributed by atoms with Crippen LogP contribution in [-0.2, 0) is 4.79 Å². The quantitative estimate of drug-likeness (QED) is 0.618. The van der Waals surface area contributed by atoms with Crippen molar-refractivity contribution in [1.82, 2.24) is 15.0 Å². The number of piperidine rings is 1. The van der Waals surface area contributed by atoms with Crippen molar-refractivity contribution in [2.45, 2.75) is 46.5 Å². The number of hydrogen-bond acceptors (Lipinski definition) is 6. The normalized spacial score (nSPS) is 21.3. The molecule has 1 amide bonds. The van der Waals surface area contributed by atoms with E-state index in [1.165, 1.54) is 25.7 Å². The molecule has 2 atom stereocenters. The van der Waals surface area contributed by atoms with Crippen molar-refractivity contribution >= 4 is 35.0 Å². The van der Waals surface area contributed by atoms with Crippen molar-refractivity contribution in [3.05, 3.63) is 35.7 Å². The molecule has 1 aliphatic carbocycles. The maximum absolute atomic E-state index is 12.1. The topological polar surface area (TPSA) is 83.0 Å². The molecule has 1 saturated heterocycles. The molecule has 8 heteroatoms. The Morgan fingerprint density at radius 1 is 1.12 bits per heavy atom. The third-order valence-electron chi connectivity index (χ3n) is 6.54. The molecule has 0 spiro atoms. The van der Waals surface area contributed by atoms with E-state index >= 15 is 0 Å². The molecule has 2 aromatic heterocycles. The molecule has 2 fully saturated rings. The van der Waals surface area contributed by atoms with Crippen LogP contribution in [0.1, 0.15) is 46.5 Å². The number of nitrogens with one attached hydrogen (secondary N) is 2. The van der Waals surface area contributed by atoms with Crippen LogP contribution in [0, 0.1) is 23.2 Å². The zero-order valence-electron chi connectivity index (χ0n) is 19.1. The zero-order valence-corrected chi connectivity index (χ0v) is 19.9.